The lowest BCUT2D eigenvalue weighted by Crippen LogP contribution is -2.47. The molecule has 2 aromatic heterocycles. The van der Waals surface area contributed by atoms with Gasteiger partial charge in [-0.25, -0.2) is 9.97 Å². The summed E-state index contributed by atoms with van der Waals surface area (Å²) in [4.78, 5) is 63.0. The zero-order valence-electron chi connectivity index (χ0n) is 30.9. The third-order valence-electron chi connectivity index (χ3n) is 11.1. The normalized spacial score (nSPS) is 22.2. The Balaban J connectivity index is 0.712. The van der Waals surface area contributed by atoms with Crippen LogP contribution in [0.4, 0.5) is 0 Å². The Morgan fingerprint density at radius 3 is 2.45 bits per heavy atom. The van der Waals surface area contributed by atoms with Gasteiger partial charge in [0.25, 0.3) is 11.8 Å². The van der Waals surface area contributed by atoms with Gasteiger partial charge in [-0.2, -0.15) is 0 Å². The molecule has 12 heteroatoms. The summed E-state index contributed by atoms with van der Waals surface area (Å²) in [5, 5.41) is 0.945. The largest absolute Gasteiger partial charge is 0.497 e. The van der Waals surface area contributed by atoms with E-state index < -0.39 is 17.9 Å². The van der Waals surface area contributed by atoms with E-state index in [4.69, 9.17) is 14.2 Å². The van der Waals surface area contributed by atoms with E-state index in [2.05, 4.69) is 14.9 Å². The number of hydrogen-bond donors (Lipinski definition) is 0. The van der Waals surface area contributed by atoms with Gasteiger partial charge in [0, 0.05) is 25.2 Å². The van der Waals surface area contributed by atoms with Crippen LogP contribution in [0.2, 0.25) is 0 Å². The maximum absolute atomic E-state index is 13.1. The third kappa shape index (κ3) is 8.40. The molecule has 0 spiro atoms. The Kier molecular flexibility index (Phi) is 10.9. The molecule has 55 heavy (non-hydrogen) atoms. The summed E-state index contributed by atoms with van der Waals surface area (Å²) in [5.41, 5.74) is 2.51. The molecule has 4 heterocycles. The second-order valence-electron chi connectivity index (χ2n) is 14.9. The lowest BCUT2D eigenvalue weighted by Gasteiger charge is -2.40. The number of Topliss-reactive ketones (excluding diaryl/α,β-unsaturated/α-hetero) is 2. The third-order valence-corrected chi connectivity index (χ3v) is 12.1. The number of nitrogens with zero attached hydrogens (tertiary/aromatic N) is 4. The number of pyridine rings is 1. The number of ether oxygens (including phenoxy) is 3. The molecule has 1 saturated heterocycles. The van der Waals surface area contributed by atoms with E-state index in [0.29, 0.717) is 30.1 Å². The van der Waals surface area contributed by atoms with Crippen LogP contribution in [0.15, 0.2) is 66.9 Å². The van der Waals surface area contributed by atoms with Crippen molar-refractivity contribution in [3.05, 3.63) is 88.6 Å². The second-order valence-corrected chi connectivity index (χ2v) is 16.0. The number of piperidine rings is 1. The highest BCUT2D eigenvalue weighted by molar-refractivity contribution is 7.19. The van der Waals surface area contributed by atoms with Gasteiger partial charge in [-0.05, 0) is 118 Å². The molecule has 2 aliphatic carbocycles. The van der Waals surface area contributed by atoms with Gasteiger partial charge in [0.05, 0.1) is 47.5 Å². The average Bonchev–Trinajstić information content (AvgIpc) is 3.70. The average molecular weight is 761 g/mol. The smallest absolute Gasteiger partial charge is 0.262 e. The minimum absolute atomic E-state index is 0.146. The molecule has 0 radical (unpaired) electrons. The number of hydrogen-bond acceptors (Lipinski definition) is 11. The molecule has 0 bridgehead atoms. The molecule has 2 aliphatic heterocycles. The summed E-state index contributed by atoms with van der Waals surface area (Å²) in [7, 11) is 1.67. The quantitative estimate of drug-likeness (QED) is 0.0795. The molecular weight excluding hydrogens is 717 g/mol. The molecule has 4 aliphatic rings. The first-order valence-electron chi connectivity index (χ1n) is 19.1. The van der Waals surface area contributed by atoms with Crippen molar-refractivity contribution in [1.29, 1.82) is 0 Å². The van der Waals surface area contributed by atoms with Gasteiger partial charge in [0.15, 0.2) is 5.78 Å². The lowest BCUT2D eigenvalue weighted by molar-refractivity contribution is -0.132. The fraction of sp³-hybridized carbons (Fsp3) is 0.395. The highest BCUT2D eigenvalue weighted by atomic mass is 32.1. The van der Waals surface area contributed by atoms with E-state index >= 15 is 0 Å². The predicted molar refractivity (Wildman–Crippen MR) is 209 cm³/mol. The summed E-state index contributed by atoms with van der Waals surface area (Å²) in [5.74, 6) is 1.78. The standard InChI is InChI=1S/C43H44N4O7S/c1-52-31-9-11-36-39(24-31)55-41(45-36)5-3-2-4-28-6-13-40(44-25-28)54-33-20-29(21-33)26-46-17-14-27(15-18-46)16-19-53-32-8-10-34-35(23-32)43(51)47(42(34)50)37-12-7-30(48)22-38(37)49/h2-6,8-11,13,23-25,27,29,33,37H,7,12,14-22,26H2,1H3/b4-2+,5-3+. The predicted octanol–water partition coefficient (Wildman–Crippen LogP) is 7.05. The number of thiazole rings is 1. The monoisotopic (exact) mass is 760 g/mol. The molecule has 2 aromatic carbocycles. The van der Waals surface area contributed by atoms with Crippen molar-refractivity contribution in [3.63, 3.8) is 0 Å². The summed E-state index contributed by atoms with van der Waals surface area (Å²) >= 11 is 1.63. The van der Waals surface area contributed by atoms with Crippen molar-refractivity contribution in [2.45, 2.75) is 63.5 Å². The van der Waals surface area contributed by atoms with Crippen molar-refractivity contribution in [2.75, 3.05) is 33.4 Å². The fourth-order valence-electron chi connectivity index (χ4n) is 7.99. The Labute approximate surface area is 324 Å². The topological polar surface area (TPSA) is 128 Å². The number of rotatable bonds is 13. The van der Waals surface area contributed by atoms with Crippen LogP contribution in [-0.4, -0.2) is 88.6 Å². The Bertz CT molecular complexity index is 2150. The van der Waals surface area contributed by atoms with Crippen molar-refractivity contribution >= 4 is 57.1 Å². The molecule has 0 N–H and O–H groups in total. The molecule has 11 nitrogen and oxygen atoms in total. The van der Waals surface area contributed by atoms with Gasteiger partial charge >= 0.3 is 0 Å². The van der Waals surface area contributed by atoms with E-state index in [-0.39, 0.29) is 48.1 Å². The van der Waals surface area contributed by atoms with Crippen molar-refractivity contribution in [1.82, 2.24) is 19.8 Å². The van der Waals surface area contributed by atoms with E-state index in [1.165, 1.54) is 0 Å². The van der Waals surface area contributed by atoms with Crippen LogP contribution in [0, 0.1) is 11.8 Å². The first kappa shape index (κ1) is 36.8. The number of allylic oxidation sites excluding steroid dienone is 2. The second kappa shape index (κ2) is 16.3. The lowest BCUT2D eigenvalue weighted by atomic mass is 9.81. The summed E-state index contributed by atoms with van der Waals surface area (Å²) in [6.45, 7) is 3.78. The van der Waals surface area contributed by atoms with E-state index in [9.17, 15) is 19.2 Å². The van der Waals surface area contributed by atoms with Gasteiger partial charge in [0.1, 0.15) is 28.4 Å². The van der Waals surface area contributed by atoms with Crippen LogP contribution in [0.25, 0.3) is 22.4 Å². The number of carbonyl (C=O) groups is 4. The Morgan fingerprint density at radius 1 is 0.873 bits per heavy atom. The number of ketones is 2. The number of amides is 2. The van der Waals surface area contributed by atoms with E-state index in [1.807, 2.05) is 60.8 Å². The van der Waals surface area contributed by atoms with Gasteiger partial charge in [0.2, 0.25) is 5.88 Å². The van der Waals surface area contributed by atoms with Crippen molar-refractivity contribution < 1.29 is 33.4 Å². The molecule has 2 saturated carbocycles. The number of carbonyl (C=O) groups excluding carboxylic acids is 4. The van der Waals surface area contributed by atoms with Gasteiger partial charge in [-0.15, -0.1) is 11.3 Å². The SMILES string of the molecule is COc1ccc2nc(/C=C/C=C/c3ccc(OC4CC(CN5CCC(CCOc6ccc7c(c6)C(=O)N(C6CCC(=O)CC6=O)C7=O)CC5)C4)nc3)sc2c1. The Hall–Kier alpha value is -5.20. The number of fused-ring (bicyclic) bond motifs is 2. The molecule has 4 aromatic rings. The maximum atomic E-state index is 13.1. The molecule has 1 atom stereocenters. The first-order valence-corrected chi connectivity index (χ1v) is 19.9. The zero-order valence-corrected chi connectivity index (χ0v) is 31.7. The number of aromatic nitrogens is 2. The number of methoxy groups -OCH3 is 1. The van der Waals surface area contributed by atoms with Crippen LogP contribution < -0.4 is 14.2 Å². The minimum atomic E-state index is -0.869. The molecule has 2 amide bonds. The summed E-state index contributed by atoms with van der Waals surface area (Å²) in [6.07, 6.45) is 15.5. The van der Waals surface area contributed by atoms with Crippen LogP contribution in [0.5, 0.6) is 17.4 Å². The first-order chi connectivity index (χ1) is 26.8. The molecule has 284 valence electrons. The number of benzene rings is 2. The van der Waals surface area contributed by atoms with Crippen molar-refractivity contribution in [2.24, 2.45) is 11.8 Å². The van der Waals surface area contributed by atoms with Crippen LogP contribution in [0.1, 0.15) is 82.7 Å². The molecular formula is C43H44N4O7S. The van der Waals surface area contributed by atoms with Crippen LogP contribution in [-0.2, 0) is 9.59 Å². The highest BCUT2D eigenvalue weighted by Gasteiger charge is 2.44. The maximum Gasteiger partial charge on any atom is 0.262 e. The fourth-order valence-corrected chi connectivity index (χ4v) is 8.90. The van der Waals surface area contributed by atoms with E-state index in [0.717, 1.165) is 83.2 Å². The van der Waals surface area contributed by atoms with Gasteiger partial charge < -0.3 is 19.1 Å². The molecule has 1 unspecified atom stereocenters. The molecule has 3 fully saturated rings. The Morgan fingerprint density at radius 2 is 1.67 bits per heavy atom. The van der Waals surface area contributed by atoms with Gasteiger partial charge in [-0.1, -0.05) is 18.2 Å². The summed E-state index contributed by atoms with van der Waals surface area (Å²) < 4.78 is 18.6. The van der Waals surface area contributed by atoms with Crippen LogP contribution >= 0.6 is 11.3 Å². The van der Waals surface area contributed by atoms with Crippen LogP contribution in [0.3, 0.4) is 0 Å². The van der Waals surface area contributed by atoms with E-state index in [1.54, 1.807) is 36.6 Å². The minimum Gasteiger partial charge on any atom is -0.497 e. The van der Waals surface area contributed by atoms with Gasteiger partial charge in [-0.3, -0.25) is 24.1 Å². The molecule has 8 rings (SSSR count). The summed E-state index contributed by atoms with van der Waals surface area (Å²) in [6, 6.07) is 13.9. The number of likely N-dealkylation sites (tertiary alicyclic amines) is 1. The highest BCUT2D eigenvalue weighted by Crippen LogP contribution is 2.34. The van der Waals surface area contributed by atoms with Crippen molar-refractivity contribution in [3.8, 4) is 17.4 Å². The zero-order chi connectivity index (χ0) is 37.9. The number of imide groups is 1.